The van der Waals surface area contributed by atoms with Crippen LogP contribution in [-0.4, -0.2) is 47.9 Å². The number of rotatable bonds is 2. The zero-order valence-corrected chi connectivity index (χ0v) is 15.0. The molecule has 0 aliphatic carbocycles. The monoisotopic (exact) mass is 340 g/mol. The van der Waals surface area contributed by atoms with E-state index in [1.54, 1.807) is 18.6 Å². The Hall–Kier alpha value is -2.31. The van der Waals surface area contributed by atoms with E-state index in [1.807, 2.05) is 9.58 Å². The molecular weight excluding hydrogens is 316 g/mol. The molecule has 2 aromatic heterocycles. The van der Waals surface area contributed by atoms with Gasteiger partial charge in [0.25, 0.3) is 5.91 Å². The fourth-order valence-corrected chi connectivity index (χ4v) is 4.04. The fraction of sp³-hybridized carbons (Fsp3) is 0.611. The lowest BCUT2D eigenvalue weighted by atomic mass is 9.93. The van der Waals surface area contributed by atoms with E-state index in [0.717, 1.165) is 31.4 Å². The van der Waals surface area contributed by atoms with Gasteiger partial charge in [-0.05, 0) is 25.7 Å². The second kappa shape index (κ2) is 5.89. The zero-order chi connectivity index (χ0) is 17.6. The van der Waals surface area contributed by atoms with Gasteiger partial charge in [-0.2, -0.15) is 0 Å². The van der Waals surface area contributed by atoms with E-state index in [9.17, 15) is 4.79 Å². The van der Waals surface area contributed by atoms with Crippen LogP contribution in [0.25, 0.3) is 0 Å². The number of hydrogen-bond acceptors (Lipinski definition) is 5. The molecule has 2 atom stereocenters. The van der Waals surface area contributed by atoms with Crippen LogP contribution in [-0.2, 0) is 5.41 Å². The Morgan fingerprint density at radius 1 is 1.12 bits per heavy atom. The molecule has 2 aliphatic rings. The zero-order valence-electron chi connectivity index (χ0n) is 15.0. The molecule has 2 aliphatic heterocycles. The highest BCUT2D eigenvalue weighted by Gasteiger charge is 2.44. The quantitative estimate of drug-likeness (QED) is 0.839. The molecule has 2 saturated heterocycles. The van der Waals surface area contributed by atoms with Gasteiger partial charge in [0.1, 0.15) is 5.69 Å². The Morgan fingerprint density at radius 3 is 2.40 bits per heavy atom. The number of carbonyl (C=O) groups is 1. The highest BCUT2D eigenvalue weighted by Crippen LogP contribution is 2.41. The molecule has 2 unspecified atom stereocenters. The fourth-order valence-electron chi connectivity index (χ4n) is 4.04. The summed E-state index contributed by atoms with van der Waals surface area (Å²) in [4.78, 5) is 23.1. The van der Waals surface area contributed by atoms with Crippen molar-refractivity contribution in [1.82, 2.24) is 29.9 Å². The van der Waals surface area contributed by atoms with Gasteiger partial charge in [-0.15, -0.1) is 5.10 Å². The van der Waals surface area contributed by atoms with Gasteiger partial charge in [0.05, 0.1) is 17.9 Å². The molecule has 2 aromatic rings. The van der Waals surface area contributed by atoms with Gasteiger partial charge in [-0.3, -0.25) is 9.78 Å². The molecule has 0 radical (unpaired) electrons. The number of piperidine rings is 1. The van der Waals surface area contributed by atoms with Crippen molar-refractivity contribution in [3.05, 3.63) is 36.2 Å². The van der Waals surface area contributed by atoms with Crippen molar-refractivity contribution in [3.8, 4) is 0 Å². The molecule has 7 heteroatoms. The third-order valence-corrected chi connectivity index (χ3v) is 5.38. The maximum atomic E-state index is 12.8. The molecular formula is C18H24N6O. The number of carbonyl (C=O) groups excluding carboxylic acids is 1. The maximum Gasteiger partial charge on any atom is 0.274 e. The van der Waals surface area contributed by atoms with Crippen LogP contribution in [0.4, 0.5) is 0 Å². The number of nitrogens with zero attached hydrogens (tertiary/aromatic N) is 6. The number of amides is 1. The average Bonchev–Trinajstić information content (AvgIpc) is 3.18. The lowest BCUT2D eigenvalue weighted by Gasteiger charge is -2.38. The molecule has 132 valence electrons. The summed E-state index contributed by atoms with van der Waals surface area (Å²) in [6.45, 7) is 6.44. The van der Waals surface area contributed by atoms with Crippen molar-refractivity contribution in [2.24, 2.45) is 0 Å². The maximum absolute atomic E-state index is 12.8. The Labute approximate surface area is 147 Å². The van der Waals surface area contributed by atoms with E-state index in [1.165, 1.54) is 0 Å². The average molecular weight is 340 g/mol. The lowest BCUT2D eigenvalue weighted by Crippen LogP contribution is -2.47. The van der Waals surface area contributed by atoms with Gasteiger partial charge in [-0.25, -0.2) is 9.67 Å². The Balaban J connectivity index is 1.52. The molecule has 1 amide bonds. The van der Waals surface area contributed by atoms with E-state index in [2.05, 4.69) is 47.2 Å². The summed E-state index contributed by atoms with van der Waals surface area (Å²) in [5.74, 6) is 0.00743. The van der Waals surface area contributed by atoms with Crippen LogP contribution in [0.15, 0.2) is 24.8 Å². The Morgan fingerprint density at radius 2 is 1.84 bits per heavy atom. The molecule has 2 bridgehead atoms. The largest absolute Gasteiger partial charge is 0.331 e. The second-order valence-electron chi connectivity index (χ2n) is 8.15. The van der Waals surface area contributed by atoms with E-state index in [-0.39, 0.29) is 23.4 Å². The summed E-state index contributed by atoms with van der Waals surface area (Å²) in [5, 5.41) is 8.72. The van der Waals surface area contributed by atoms with Crippen molar-refractivity contribution < 1.29 is 4.79 Å². The van der Waals surface area contributed by atoms with Crippen molar-refractivity contribution in [2.75, 3.05) is 0 Å². The first-order valence-electron chi connectivity index (χ1n) is 8.94. The van der Waals surface area contributed by atoms with Gasteiger partial charge >= 0.3 is 0 Å². The van der Waals surface area contributed by atoms with E-state index in [0.29, 0.717) is 11.7 Å². The Kier molecular flexibility index (Phi) is 3.81. The summed E-state index contributed by atoms with van der Waals surface area (Å²) in [6.07, 6.45) is 10.7. The minimum atomic E-state index is -0.000120. The normalized spacial score (nSPS) is 26.0. The number of fused-ring (bicyclic) bond motifs is 2. The van der Waals surface area contributed by atoms with Crippen molar-refractivity contribution in [3.63, 3.8) is 0 Å². The molecule has 0 aromatic carbocycles. The topological polar surface area (TPSA) is 76.8 Å². The first-order valence-corrected chi connectivity index (χ1v) is 8.94. The summed E-state index contributed by atoms with van der Waals surface area (Å²) < 4.78 is 2.01. The number of aromatic nitrogens is 5. The highest BCUT2D eigenvalue weighted by molar-refractivity contribution is 5.92. The van der Waals surface area contributed by atoms with Crippen LogP contribution < -0.4 is 0 Å². The summed E-state index contributed by atoms with van der Waals surface area (Å²) in [6, 6.07) is 0.813. The van der Waals surface area contributed by atoms with Crippen LogP contribution in [0.2, 0.25) is 0 Å². The molecule has 0 saturated carbocycles. The molecule has 7 nitrogen and oxygen atoms in total. The highest BCUT2D eigenvalue weighted by atomic mass is 16.2. The Bertz CT molecular complexity index is 751. The van der Waals surface area contributed by atoms with Crippen LogP contribution >= 0.6 is 0 Å². The van der Waals surface area contributed by atoms with Gasteiger partial charge in [0, 0.05) is 36.1 Å². The van der Waals surface area contributed by atoms with Crippen LogP contribution in [0.5, 0.6) is 0 Å². The van der Waals surface area contributed by atoms with Crippen LogP contribution in [0, 0.1) is 0 Å². The predicted molar refractivity (Wildman–Crippen MR) is 92.0 cm³/mol. The van der Waals surface area contributed by atoms with Gasteiger partial charge in [-0.1, -0.05) is 26.0 Å². The van der Waals surface area contributed by atoms with Crippen molar-refractivity contribution >= 4 is 5.91 Å². The minimum absolute atomic E-state index is 0.000120. The summed E-state index contributed by atoms with van der Waals surface area (Å²) in [7, 11) is 0. The smallest absolute Gasteiger partial charge is 0.274 e. The van der Waals surface area contributed by atoms with E-state index in [4.69, 9.17) is 0 Å². The third-order valence-electron chi connectivity index (χ3n) is 5.38. The van der Waals surface area contributed by atoms with E-state index >= 15 is 0 Å². The summed E-state index contributed by atoms with van der Waals surface area (Å²) in [5.41, 5.74) is 1.45. The third kappa shape index (κ3) is 2.92. The van der Waals surface area contributed by atoms with Crippen molar-refractivity contribution in [2.45, 2.75) is 70.0 Å². The predicted octanol–water partition coefficient (Wildman–Crippen LogP) is 2.37. The van der Waals surface area contributed by atoms with Gasteiger partial charge in [0.2, 0.25) is 0 Å². The van der Waals surface area contributed by atoms with Gasteiger partial charge in [0.15, 0.2) is 0 Å². The second-order valence-corrected chi connectivity index (χ2v) is 8.15. The molecule has 4 heterocycles. The molecule has 25 heavy (non-hydrogen) atoms. The molecule has 2 fully saturated rings. The van der Waals surface area contributed by atoms with Gasteiger partial charge < -0.3 is 4.90 Å². The molecule has 0 spiro atoms. The van der Waals surface area contributed by atoms with Crippen molar-refractivity contribution in [1.29, 1.82) is 0 Å². The lowest BCUT2D eigenvalue weighted by molar-refractivity contribution is 0.0516. The first-order chi connectivity index (χ1) is 11.9. The SMILES string of the molecule is CC(C)(C)c1cn(C2CC3CCC(C2)N3C(=O)c2cnccn2)nn1. The standard InChI is InChI=1S/C18H24N6O/c1-18(2,3)16-11-23(22-21-16)14-8-12-4-5-13(9-14)24(12)17(25)15-10-19-6-7-20-15/h6-7,10-14H,4-5,8-9H2,1-3H3. The minimum Gasteiger partial charge on any atom is -0.331 e. The van der Waals surface area contributed by atoms with Crippen LogP contribution in [0.3, 0.4) is 0 Å². The number of hydrogen-bond donors (Lipinski definition) is 0. The van der Waals surface area contributed by atoms with E-state index < -0.39 is 0 Å². The molecule has 0 N–H and O–H groups in total. The first kappa shape index (κ1) is 16.2. The molecule has 4 rings (SSSR count). The summed E-state index contributed by atoms with van der Waals surface area (Å²) >= 11 is 0. The van der Waals surface area contributed by atoms with Crippen LogP contribution in [0.1, 0.15) is 68.7 Å².